The topological polar surface area (TPSA) is 26.3 Å². The number of hydrogen-bond donors (Lipinski definition) is 0. The first-order valence-electron chi connectivity index (χ1n) is 7.00. The molecule has 0 aromatic heterocycles. The Labute approximate surface area is 107 Å². The van der Waals surface area contributed by atoms with Crippen LogP contribution >= 0.6 is 0 Å². The number of fused-ring (bicyclic) bond motifs is 3. The Morgan fingerprint density at radius 2 is 1.89 bits per heavy atom. The zero-order chi connectivity index (χ0) is 12.2. The first kappa shape index (κ1) is 10.7. The van der Waals surface area contributed by atoms with Crippen molar-refractivity contribution >= 4 is 5.78 Å². The number of carbonyl (C=O) groups excluding carboxylic acids is 1. The van der Waals surface area contributed by atoms with Gasteiger partial charge in [-0.2, -0.15) is 0 Å². The summed E-state index contributed by atoms with van der Waals surface area (Å²) in [6.07, 6.45) is 6.13. The van der Waals surface area contributed by atoms with E-state index in [2.05, 4.69) is 24.3 Å². The lowest BCUT2D eigenvalue weighted by atomic mass is 9.62. The van der Waals surface area contributed by atoms with E-state index in [0.29, 0.717) is 12.2 Å². The van der Waals surface area contributed by atoms with Crippen LogP contribution in [0.15, 0.2) is 30.3 Å². The van der Waals surface area contributed by atoms with Crippen molar-refractivity contribution in [3.63, 3.8) is 0 Å². The fraction of sp³-hybridized carbons (Fsp3) is 0.562. The zero-order valence-electron chi connectivity index (χ0n) is 10.5. The molecule has 2 heteroatoms. The third kappa shape index (κ3) is 1.24. The molecule has 1 aliphatic carbocycles. The highest BCUT2D eigenvalue weighted by molar-refractivity contribution is 5.86. The molecule has 2 nitrogen and oxygen atoms in total. The number of ketones is 1. The van der Waals surface area contributed by atoms with Crippen molar-refractivity contribution in [2.75, 3.05) is 0 Å². The minimum Gasteiger partial charge on any atom is -0.359 e. The van der Waals surface area contributed by atoms with Crippen LogP contribution in [0.1, 0.15) is 44.1 Å². The number of ether oxygens (including phenoxy) is 1. The van der Waals surface area contributed by atoms with E-state index < -0.39 is 0 Å². The average Bonchev–Trinajstić information content (AvgIpc) is 2.68. The van der Waals surface area contributed by atoms with E-state index in [-0.39, 0.29) is 17.1 Å². The monoisotopic (exact) mass is 242 g/mol. The van der Waals surface area contributed by atoms with Crippen molar-refractivity contribution < 1.29 is 9.53 Å². The van der Waals surface area contributed by atoms with Crippen LogP contribution < -0.4 is 0 Å². The number of carbonyl (C=O) groups is 1. The predicted molar refractivity (Wildman–Crippen MR) is 68.1 cm³/mol. The molecule has 2 aliphatic heterocycles. The summed E-state index contributed by atoms with van der Waals surface area (Å²) < 4.78 is 6.29. The number of rotatable bonds is 1. The summed E-state index contributed by atoms with van der Waals surface area (Å²) in [6.45, 7) is 0. The molecule has 0 unspecified atom stereocenters. The maximum absolute atomic E-state index is 12.1. The van der Waals surface area contributed by atoms with Gasteiger partial charge < -0.3 is 4.74 Å². The summed E-state index contributed by atoms with van der Waals surface area (Å²) in [4.78, 5) is 12.1. The smallest absolute Gasteiger partial charge is 0.162 e. The van der Waals surface area contributed by atoms with Gasteiger partial charge in [0.2, 0.25) is 0 Å². The second kappa shape index (κ2) is 3.45. The zero-order valence-corrected chi connectivity index (χ0v) is 10.5. The van der Waals surface area contributed by atoms with Crippen LogP contribution in [-0.2, 0) is 15.1 Å². The van der Waals surface area contributed by atoms with E-state index in [1.54, 1.807) is 0 Å². The van der Waals surface area contributed by atoms with Crippen LogP contribution in [0, 0.1) is 5.41 Å². The maximum atomic E-state index is 12.1. The third-order valence-electron chi connectivity index (χ3n) is 5.25. The van der Waals surface area contributed by atoms with Gasteiger partial charge in [-0.15, -0.1) is 0 Å². The van der Waals surface area contributed by atoms with Gasteiger partial charge in [-0.25, -0.2) is 0 Å². The van der Waals surface area contributed by atoms with Crippen LogP contribution in [0.2, 0.25) is 0 Å². The number of benzene rings is 1. The van der Waals surface area contributed by atoms with Crippen molar-refractivity contribution in [3.05, 3.63) is 35.9 Å². The lowest BCUT2D eigenvalue weighted by Gasteiger charge is -2.40. The molecule has 0 radical (unpaired) electrons. The van der Waals surface area contributed by atoms with Gasteiger partial charge in [0.25, 0.3) is 0 Å². The molecule has 2 saturated heterocycles. The Kier molecular flexibility index (Phi) is 2.06. The molecule has 1 saturated carbocycles. The lowest BCUT2D eigenvalue weighted by molar-refractivity contribution is -0.153. The maximum Gasteiger partial charge on any atom is 0.162 e. The van der Waals surface area contributed by atoms with Crippen molar-refractivity contribution in [2.45, 2.75) is 50.2 Å². The summed E-state index contributed by atoms with van der Waals surface area (Å²) in [5.41, 5.74) is 1.29. The number of hydrogen-bond acceptors (Lipinski definition) is 2. The molecule has 3 fully saturated rings. The molecule has 0 N–H and O–H groups in total. The van der Waals surface area contributed by atoms with Crippen molar-refractivity contribution in [1.29, 1.82) is 0 Å². The number of Topliss-reactive ketones (excluding diaryl/α,β-unsaturated/α-hetero) is 1. The second-order valence-electron chi connectivity index (χ2n) is 6.22. The van der Waals surface area contributed by atoms with Crippen LogP contribution in [-0.4, -0.2) is 11.9 Å². The van der Waals surface area contributed by atoms with Gasteiger partial charge in [0.1, 0.15) is 6.10 Å². The molecule has 4 rings (SSSR count). The molecular weight excluding hydrogens is 224 g/mol. The summed E-state index contributed by atoms with van der Waals surface area (Å²) >= 11 is 0. The van der Waals surface area contributed by atoms with Crippen LogP contribution in [0.5, 0.6) is 0 Å². The minimum absolute atomic E-state index is 0.111. The summed E-state index contributed by atoms with van der Waals surface area (Å²) in [7, 11) is 0. The molecule has 1 spiro atoms. The van der Waals surface area contributed by atoms with E-state index in [9.17, 15) is 4.79 Å². The standard InChI is InChI=1S/C16H18O2/c17-13-7-10-16(12-5-2-1-3-6-12)11-15(8-4-9-15)14(13)18-16/h1-3,5-6,14H,4,7-11H2/t14-,16+/m0/s1. The van der Waals surface area contributed by atoms with Gasteiger partial charge in [-0.1, -0.05) is 36.8 Å². The highest BCUT2D eigenvalue weighted by atomic mass is 16.5. The van der Waals surface area contributed by atoms with Crippen LogP contribution in [0.25, 0.3) is 0 Å². The second-order valence-corrected chi connectivity index (χ2v) is 6.22. The Bertz CT molecular complexity index is 489. The Hall–Kier alpha value is -1.15. The third-order valence-corrected chi connectivity index (χ3v) is 5.25. The summed E-state index contributed by atoms with van der Waals surface area (Å²) in [6, 6.07) is 10.5. The minimum atomic E-state index is -0.166. The molecular formula is C16H18O2. The first-order chi connectivity index (χ1) is 8.74. The van der Waals surface area contributed by atoms with Gasteiger partial charge in [-0.05, 0) is 31.2 Å². The molecule has 2 bridgehead atoms. The van der Waals surface area contributed by atoms with Gasteiger partial charge >= 0.3 is 0 Å². The normalized spacial score (nSPS) is 36.7. The molecule has 0 amide bonds. The average molecular weight is 242 g/mol. The molecule has 3 aliphatic rings. The highest BCUT2D eigenvalue weighted by Crippen LogP contribution is 2.63. The van der Waals surface area contributed by atoms with Gasteiger partial charge in [0.15, 0.2) is 5.78 Å². The van der Waals surface area contributed by atoms with E-state index in [4.69, 9.17) is 4.74 Å². The molecule has 1 aromatic carbocycles. The van der Waals surface area contributed by atoms with E-state index in [0.717, 1.165) is 12.8 Å². The van der Waals surface area contributed by atoms with Crippen molar-refractivity contribution in [2.24, 2.45) is 5.41 Å². The fourth-order valence-corrected chi connectivity index (χ4v) is 4.19. The van der Waals surface area contributed by atoms with E-state index >= 15 is 0 Å². The quantitative estimate of drug-likeness (QED) is 0.756. The highest BCUT2D eigenvalue weighted by Gasteiger charge is 2.63. The molecule has 18 heavy (non-hydrogen) atoms. The van der Waals surface area contributed by atoms with Gasteiger partial charge in [0.05, 0.1) is 5.60 Å². The molecule has 2 atom stereocenters. The van der Waals surface area contributed by atoms with Crippen LogP contribution in [0.4, 0.5) is 0 Å². The Morgan fingerprint density at radius 1 is 1.11 bits per heavy atom. The Morgan fingerprint density at radius 3 is 2.56 bits per heavy atom. The summed E-state index contributed by atoms with van der Waals surface area (Å²) in [5.74, 6) is 0.346. The lowest BCUT2D eigenvalue weighted by Crippen LogP contribution is -2.43. The predicted octanol–water partition coefficient (Wildman–Crippen LogP) is 3.20. The van der Waals surface area contributed by atoms with Crippen molar-refractivity contribution in [3.8, 4) is 0 Å². The van der Waals surface area contributed by atoms with Crippen molar-refractivity contribution in [1.82, 2.24) is 0 Å². The fourth-order valence-electron chi connectivity index (χ4n) is 4.19. The van der Waals surface area contributed by atoms with Gasteiger partial charge in [0, 0.05) is 11.8 Å². The van der Waals surface area contributed by atoms with Crippen LogP contribution in [0.3, 0.4) is 0 Å². The molecule has 1 aromatic rings. The van der Waals surface area contributed by atoms with E-state index in [1.165, 1.54) is 24.8 Å². The SMILES string of the molecule is O=C1CC[C@]2(c3ccccc3)CC3(CCC3)[C@H]1O2. The first-order valence-corrected chi connectivity index (χ1v) is 7.00. The molecule has 2 heterocycles. The Balaban J connectivity index is 1.77. The largest absolute Gasteiger partial charge is 0.359 e. The molecule has 94 valence electrons. The summed E-state index contributed by atoms with van der Waals surface area (Å²) in [5, 5.41) is 0. The van der Waals surface area contributed by atoms with E-state index in [1.807, 2.05) is 6.07 Å². The van der Waals surface area contributed by atoms with Gasteiger partial charge in [-0.3, -0.25) is 4.79 Å².